The van der Waals surface area contributed by atoms with Crippen LogP contribution in [0.2, 0.25) is 0 Å². The molecule has 1 aromatic rings. The van der Waals surface area contributed by atoms with Crippen LogP contribution in [0.4, 0.5) is 11.4 Å². The summed E-state index contributed by atoms with van der Waals surface area (Å²) in [5.74, 6) is 0.593. The van der Waals surface area contributed by atoms with Crippen molar-refractivity contribution in [3.63, 3.8) is 0 Å². The second-order valence-electron chi connectivity index (χ2n) is 4.65. The highest BCUT2D eigenvalue weighted by Gasteiger charge is 2.23. The third-order valence-corrected chi connectivity index (χ3v) is 2.84. The fourth-order valence-corrected chi connectivity index (χ4v) is 1.76. The van der Waals surface area contributed by atoms with Crippen molar-refractivity contribution in [3.05, 3.63) is 18.2 Å². The van der Waals surface area contributed by atoms with Crippen LogP contribution in [0.3, 0.4) is 0 Å². The molecule has 2 atom stereocenters. The number of anilines is 2. The van der Waals surface area contributed by atoms with E-state index in [0.29, 0.717) is 11.4 Å². The van der Waals surface area contributed by atoms with Crippen molar-refractivity contribution in [2.45, 2.75) is 32.4 Å². The van der Waals surface area contributed by atoms with Gasteiger partial charge in [-0.2, -0.15) is 0 Å². The smallest absolute Gasteiger partial charge is 0.265 e. The van der Waals surface area contributed by atoms with Gasteiger partial charge >= 0.3 is 0 Å². The first-order chi connectivity index (χ1) is 8.56. The summed E-state index contributed by atoms with van der Waals surface area (Å²) in [5.41, 5.74) is 7.35. The number of fused-ring (bicyclic) bond motifs is 1. The Bertz CT molecular complexity index is 446. The first-order valence-corrected chi connectivity index (χ1v) is 6.17. The van der Waals surface area contributed by atoms with Gasteiger partial charge in [-0.05, 0) is 38.5 Å². The predicted octanol–water partition coefficient (Wildman–Crippen LogP) is 1.56. The number of hydrogen-bond acceptors (Lipinski definition) is 4. The zero-order valence-electron chi connectivity index (χ0n) is 10.7. The molecule has 0 fully saturated rings. The summed E-state index contributed by atoms with van der Waals surface area (Å²) >= 11 is 0. The van der Waals surface area contributed by atoms with Gasteiger partial charge in [-0.25, -0.2) is 0 Å². The molecular formula is C13H19N3O2. The number of nitrogens with two attached hydrogens (primary N) is 1. The van der Waals surface area contributed by atoms with Gasteiger partial charge in [0.15, 0.2) is 6.10 Å². The van der Waals surface area contributed by atoms with E-state index in [9.17, 15) is 4.79 Å². The number of carbonyl (C=O) groups excluding carboxylic acids is 1. The summed E-state index contributed by atoms with van der Waals surface area (Å²) in [6, 6.07) is 5.85. The van der Waals surface area contributed by atoms with E-state index in [1.165, 1.54) is 0 Å². The number of amides is 1. The minimum absolute atomic E-state index is 0.116. The molecule has 2 unspecified atom stereocenters. The van der Waals surface area contributed by atoms with Crippen molar-refractivity contribution in [2.24, 2.45) is 5.73 Å². The maximum Gasteiger partial charge on any atom is 0.265 e. The van der Waals surface area contributed by atoms with Crippen LogP contribution in [-0.2, 0) is 4.79 Å². The Morgan fingerprint density at radius 1 is 1.56 bits per heavy atom. The molecule has 1 heterocycles. The minimum Gasteiger partial charge on any atom is -0.479 e. The first-order valence-electron chi connectivity index (χ1n) is 6.17. The average Bonchev–Trinajstić information content (AvgIpc) is 2.30. The van der Waals surface area contributed by atoms with Gasteiger partial charge in [-0.3, -0.25) is 4.79 Å². The molecule has 0 aliphatic carbocycles. The summed E-state index contributed by atoms with van der Waals surface area (Å²) in [7, 11) is 0. The Morgan fingerprint density at radius 3 is 3.06 bits per heavy atom. The van der Waals surface area contributed by atoms with Crippen LogP contribution in [0.5, 0.6) is 5.75 Å². The van der Waals surface area contributed by atoms with Crippen molar-refractivity contribution in [1.82, 2.24) is 0 Å². The van der Waals surface area contributed by atoms with Gasteiger partial charge in [0.05, 0.1) is 5.69 Å². The fourth-order valence-electron chi connectivity index (χ4n) is 1.76. The van der Waals surface area contributed by atoms with E-state index in [4.69, 9.17) is 10.5 Å². The maximum absolute atomic E-state index is 11.5. The lowest BCUT2D eigenvalue weighted by Crippen LogP contribution is -2.34. The standard InChI is InChI=1S/C13H19N3O2/c1-8(14)5-6-15-10-3-4-12-11(7-10)16-13(17)9(2)18-12/h3-4,7-9,15H,5-6,14H2,1-2H3,(H,16,17). The Balaban J connectivity index is 2.03. The molecular weight excluding hydrogens is 230 g/mol. The Morgan fingerprint density at radius 2 is 2.33 bits per heavy atom. The molecule has 0 spiro atoms. The van der Waals surface area contributed by atoms with E-state index >= 15 is 0 Å². The van der Waals surface area contributed by atoms with Gasteiger partial charge in [0.1, 0.15) is 5.75 Å². The van der Waals surface area contributed by atoms with Gasteiger partial charge in [-0.15, -0.1) is 0 Å². The molecule has 5 heteroatoms. The number of benzene rings is 1. The van der Waals surface area contributed by atoms with Crippen molar-refractivity contribution in [3.8, 4) is 5.75 Å². The number of rotatable bonds is 4. The van der Waals surface area contributed by atoms with Crippen molar-refractivity contribution >= 4 is 17.3 Å². The Labute approximate surface area is 107 Å². The maximum atomic E-state index is 11.5. The van der Waals surface area contributed by atoms with E-state index < -0.39 is 6.10 Å². The first kappa shape index (κ1) is 12.7. The van der Waals surface area contributed by atoms with Crippen molar-refractivity contribution in [1.29, 1.82) is 0 Å². The van der Waals surface area contributed by atoms with Gasteiger partial charge in [0, 0.05) is 18.3 Å². The molecule has 0 aromatic heterocycles. The van der Waals surface area contributed by atoms with E-state index in [0.717, 1.165) is 18.7 Å². The average molecular weight is 249 g/mol. The minimum atomic E-state index is -0.436. The predicted molar refractivity (Wildman–Crippen MR) is 71.9 cm³/mol. The van der Waals surface area contributed by atoms with Gasteiger partial charge in [0.2, 0.25) is 0 Å². The Hall–Kier alpha value is -1.75. The normalized spacial score (nSPS) is 19.5. The molecule has 5 nitrogen and oxygen atoms in total. The van der Waals surface area contributed by atoms with Crippen LogP contribution < -0.4 is 21.1 Å². The van der Waals surface area contributed by atoms with Gasteiger partial charge in [0.25, 0.3) is 5.91 Å². The fraction of sp³-hybridized carbons (Fsp3) is 0.462. The lowest BCUT2D eigenvalue weighted by Gasteiger charge is -2.23. The molecule has 1 aromatic carbocycles. The molecule has 0 saturated carbocycles. The van der Waals surface area contributed by atoms with E-state index in [-0.39, 0.29) is 11.9 Å². The highest BCUT2D eigenvalue weighted by molar-refractivity contribution is 5.98. The molecule has 98 valence electrons. The number of nitrogens with one attached hydrogen (secondary N) is 2. The third-order valence-electron chi connectivity index (χ3n) is 2.84. The number of carbonyl (C=O) groups is 1. The molecule has 18 heavy (non-hydrogen) atoms. The summed E-state index contributed by atoms with van der Waals surface area (Å²) < 4.78 is 5.48. The molecule has 0 bridgehead atoms. The quantitative estimate of drug-likeness (QED) is 0.756. The molecule has 0 saturated heterocycles. The van der Waals surface area contributed by atoms with E-state index in [2.05, 4.69) is 10.6 Å². The van der Waals surface area contributed by atoms with Gasteiger partial charge in [-0.1, -0.05) is 0 Å². The van der Waals surface area contributed by atoms with Crippen LogP contribution in [0.25, 0.3) is 0 Å². The topological polar surface area (TPSA) is 76.4 Å². The second kappa shape index (κ2) is 5.27. The molecule has 1 amide bonds. The van der Waals surface area contributed by atoms with Crippen LogP contribution in [-0.4, -0.2) is 24.6 Å². The van der Waals surface area contributed by atoms with E-state index in [1.807, 2.05) is 25.1 Å². The highest BCUT2D eigenvalue weighted by atomic mass is 16.5. The molecule has 1 aliphatic heterocycles. The monoisotopic (exact) mass is 249 g/mol. The van der Waals surface area contributed by atoms with Crippen molar-refractivity contribution in [2.75, 3.05) is 17.2 Å². The molecule has 1 aliphatic rings. The number of hydrogen-bond donors (Lipinski definition) is 3. The summed E-state index contributed by atoms with van der Waals surface area (Å²) in [5, 5.41) is 6.09. The van der Waals surface area contributed by atoms with Crippen LogP contribution >= 0.6 is 0 Å². The van der Waals surface area contributed by atoms with Crippen LogP contribution in [0, 0.1) is 0 Å². The van der Waals surface area contributed by atoms with Gasteiger partial charge < -0.3 is 21.1 Å². The zero-order chi connectivity index (χ0) is 13.1. The highest BCUT2D eigenvalue weighted by Crippen LogP contribution is 2.32. The van der Waals surface area contributed by atoms with E-state index in [1.54, 1.807) is 6.92 Å². The third kappa shape index (κ3) is 2.92. The molecule has 2 rings (SSSR count). The van der Waals surface area contributed by atoms with Crippen LogP contribution in [0.1, 0.15) is 20.3 Å². The largest absolute Gasteiger partial charge is 0.479 e. The zero-order valence-corrected chi connectivity index (χ0v) is 10.7. The molecule has 0 radical (unpaired) electrons. The number of ether oxygens (including phenoxy) is 1. The lowest BCUT2D eigenvalue weighted by molar-refractivity contribution is -0.122. The Kier molecular flexibility index (Phi) is 3.72. The molecule has 4 N–H and O–H groups in total. The summed E-state index contributed by atoms with van der Waals surface area (Å²) in [4.78, 5) is 11.5. The van der Waals surface area contributed by atoms with Crippen molar-refractivity contribution < 1.29 is 9.53 Å². The lowest BCUT2D eigenvalue weighted by atomic mass is 10.2. The summed E-state index contributed by atoms with van der Waals surface area (Å²) in [6.07, 6.45) is 0.464. The SMILES string of the molecule is CC(N)CCNc1ccc2c(c1)NC(=O)C(C)O2. The second-order valence-corrected chi connectivity index (χ2v) is 4.65. The van der Waals surface area contributed by atoms with Crippen LogP contribution in [0.15, 0.2) is 18.2 Å². The summed E-state index contributed by atoms with van der Waals surface area (Å²) in [6.45, 7) is 4.51.